The molecule has 3 N–H and O–H groups in total. The van der Waals surface area contributed by atoms with Crippen molar-refractivity contribution in [2.75, 3.05) is 12.3 Å². The molecule has 2 aromatic carbocycles. The molecule has 3 nitrogen and oxygen atoms in total. The number of thiol groups is 1. The lowest BCUT2D eigenvalue weighted by Gasteiger charge is -2.16. The van der Waals surface area contributed by atoms with E-state index in [1.54, 1.807) is 12.1 Å². The zero-order valence-electron chi connectivity index (χ0n) is 14.6. The standard InChI is InChI=1S/C21H24ClNO2S/c22-17-8-6-16(7-9-17)20(14-26)19(12-15-4-2-1-3-5-15)21(25)13-18(24)10-11-23/h1-9,18,24,26H,10-14,23H2/b20-19+. The third-order valence-corrected chi connectivity index (χ3v) is 4.76. The molecule has 0 saturated heterocycles. The van der Waals surface area contributed by atoms with Crippen LogP contribution < -0.4 is 5.73 Å². The molecule has 0 aliphatic carbocycles. The minimum absolute atomic E-state index is 0.0598. The maximum atomic E-state index is 13.0. The van der Waals surface area contributed by atoms with E-state index in [2.05, 4.69) is 12.6 Å². The molecule has 0 fully saturated rings. The second-order valence-corrected chi connectivity index (χ2v) is 6.90. The average molecular weight is 390 g/mol. The molecule has 5 heteroatoms. The first-order chi connectivity index (χ1) is 12.5. The molecule has 0 aliphatic heterocycles. The number of aliphatic hydroxyl groups excluding tert-OH is 1. The molecule has 0 heterocycles. The van der Waals surface area contributed by atoms with E-state index in [1.165, 1.54) is 0 Å². The number of halogens is 1. The largest absolute Gasteiger partial charge is 0.393 e. The number of hydrogen-bond acceptors (Lipinski definition) is 4. The minimum Gasteiger partial charge on any atom is -0.393 e. The van der Waals surface area contributed by atoms with Crippen LogP contribution in [0.5, 0.6) is 0 Å². The highest BCUT2D eigenvalue weighted by Crippen LogP contribution is 2.26. The summed E-state index contributed by atoms with van der Waals surface area (Å²) in [5, 5.41) is 10.7. The highest BCUT2D eigenvalue weighted by Gasteiger charge is 2.19. The molecule has 0 saturated carbocycles. The van der Waals surface area contributed by atoms with Crippen molar-refractivity contribution in [2.45, 2.75) is 25.4 Å². The highest BCUT2D eigenvalue weighted by molar-refractivity contribution is 7.80. The van der Waals surface area contributed by atoms with Crippen LogP contribution >= 0.6 is 24.2 Å². The molecular weight excluding hydrogens is 366 g/mol. The van der Waals surface area contributed by atoms with Crippen molar-refractivity contribution in [2.24, 2.45) is 5.73 Å². The quantitative estimate of drug-likeness (QED) is 0.449. The van der Waals surface area contributed by atoms with Gasteiger partial charge in [0.1, 0.15) is 0 Å². The number of hydrogen-bond donors (Lipinski definition) is 3. The molecule has 1 unspecified atom stereocenters. The van der Waals surface area contributed by atoms with Crippen molar-refractivity contribution in [3.8, 4) is 0 Å². The van der Waals surface area contributed by atoms with Gasteiger partial charge in [0.05, 0.1) is 6.10 Å². The average Bonchev–Trinajstić information content (AvgIpc) is 2.64. The molecule has 0 aromatic heterocycles. The van der Waals surface area contributed by atoms with E-state index >= 15 is 0 Å². The molecule has 0 amide bonds. The van der Waals surface area contributed by atoms with Gasteiger partial charge in [0.25, 0.3) is 0 Å². The van der Waals surface area contributed by atoms with Gasteiger partial charge in [-0.3, -0.25) is 4.79 Å². The van der Waals surface area contributed by atoms with Crippen molar-refractivity contribution in [3.05, 3.63) is 76.3 Å². The SMILES string of the molecule is NCCC(O)CC(=O)/C(Cc1ccccc1)=C(\CS)c1ccc(Cl)cc1. The van der Waals surface area contributed by atoms with E-state index < -0.39 is 6.10 Å². The maximum absolute atomic E-state index is 13.0. The zero-order valence-corrected chi connectivity index (χ0v) is 16.2. The van der Waals surface area contributed by atoms with Crippen molar-refractivity contribution >= 4 is 35.6 Å². The smallest absolute Gasteiger partial charge is 0.162 e. The fourth-order valence-electron chi connectivity index (χ4n) is 2.82. The van der Waals surface area contributed by atoms with Gasteiger partial charge >= 0.3 is 0 Å². The van der Waals surface area contributed by atoms with E-state index in [0.29, 0.717) is 35.7 Å². The summed E-state index contributed by atoms with van der Waals surface area (Å²) >= 11 is 10.4. The number of aliphatic hydroxyl groups is 1. The monoisotopic (exact) mass is 389 g/mol. The van der Waals surface area contributed by atoms with Crippen LogP contribution in [-0.2, 0) is 11.2 Å². The number of carbonyl (C=O) groups is 1. The Balaban J connectivity index is 2.42. The first kappa shape index (κ1) is 20.7. The second kappa shape index (κ2) is 10.5. The Hall–Kier alpha value is -1.59. The van der Waals surface area contributed by atoms with E-state index in [0.717, 1.165) is 16.7 Å². The molecule has 0 aliphatic rings. The van der Waals surface area contributed by atoms with E-state index in [9.17, 15) is 9.90 Å². The number of carbonyl (C=O) groups excluding carboxylic acids is 1. The topological polar surface area (TPSA) is 63.3 Å². The van der Waals surface area contributed by atoms with E-state index in [-0.39, 0.29) is 12.2 Å². The molecular formula is C21H24ClNO2S. The van der Waals surface area contributed by atoms with Crippen LogP contribution in [0.4, 0.5) is 0 Å². The van der Waals surface area contributed by atoms with Gasteiger partial charge < -0.3 is 10.8 Å². The number of allylic oxidation sites excluding steroid dienone is 1. The lowest BCUT2D eigenvalue weighted by atomic mass is 9.90. The molecule has 1 atom stereocenters. The molecule has 138 valence electrons. The summed E-state index contributed by atoms with van der Waals surface area (Å²) < 4.78 is 0. The lowest BCUT2D eigenvalue weighted by molar-refractivity contribution is -0.117. The second-order valence-electron chi connectivity index (χ2n) is 6.14. The summed E-state index contributed by atoms with van der Waals surface area (Å²) in [6.45, 7) is 0.350. The zero-order chi connectivity index (χ0) is 18.9. The summed E-state index contributed by atoms with van der Waals surface area (Å²) in [6, 6.07) is 17.2. The number of rotatable bonds is 9. The van der Waals surface area contributed by atoms with Crippen LogP contribution in [0.15, 0.2) is 60.2 Å². The Morgan fingerprint density at radius 3 is 2.35 bits per heavy atom. The Kier molecular flexibility index (Phi) is 8.39. The first-order valence-corrected chi connectivity index (χ1v) is 9.60. The van der Waals surface area contributed by atoms with Crippen LogP contribution in [-0.4, -0.2) is 29.3 Å². The summed E-state index contributed by atoms with van der Waals surface area (Å²) in [4.78, 5) is 13.0. The van der Waals surface area contributed by atoms with Crippen molar-refractivity contribution in [3.63, 3.8) is 0 Å². The third-order valence-electron chi connectivity index (χ3n) is 4.20. The lowest BCUT2D eigenvalue weighted by Crippen LogP contribution is -2.20. The van der Waals surface area contributed by atoms with Crippen LogP contribution in [0.2, 0.25) is 5.02 Å². The highest BCUT2D eigenvalue weighted by atomic mass is 35.5. The van der Waals surface area contributed by atoms with Crippen molar-refractivity contribution in [1.82, 2.24) is 0 Å². The van der Waals surface area contributed by atoms with E-state index in [4.69, 9.17) is 17.3 Å². The molecule has 0 bridgehead atoms. The van der Waals surface area contributed by atoms with E-state index in [1.807, 2.05) is 42.5 Å². The molecule has 26 heavy (non-hydrogen) atoms. The summed E-state index contributed by atoms with van der Waals surface area (Å²) in [5.74, 6) is 0.344. The fraction of sp³-hybridized carbons (Fsp3) is 0.286. The minimum atomic E-state index is -0.732. The molecule has 0 radical (unpaired) electrons. The third kappa shape index (κ3) is 5.99. The van der Waals surface area contributed by atoms with Gasteiger partial charge in [-0.05, 0) is 41.8 Å². The summed E-state index contributed by atoms with van der Waals surface area (Å²) in [7, 11) is 0. The van der Waals surface area contributed by atoms with Gasteiger partial charge in [0.15, 0.2) is 5.78 Å². The number of ketones is 1. The Morgan fingerprint density at radius 2 is 1.77 bits per heavy atom. The Morgan fingerprint density at radius 1 is 1.12 bits per heavy atom. The van der Waals surface area contributed by atoms with Gasteiger partial charge in [-0.1, -0.05) is 54.1 Å². The van der Waals surface area contributed by atoms with Crippen molar-refractivity contribution < 1.29 is 9.90 Å². The summed E-state index contributed by atoms with van der Waals surface area (Å²) in [5.41, 5.74) is 8.97. The summed E-state index contributed by atoms with van der Waals surface area (Å²) in [6.07, 6.45) is 0.226. The maximum Gasteiger partial charge on any atom is 0.162 e. The molecule has 0 spiro atoms. The van der Waals surface area contributed by atoms with Gasteiger partial charge in [0.2, 0.25) is 0 Å². The van der Waals surface area contributed by atoms with Gasteiger partial charge in [-0.25, -0.2) is 0 Å². The normalized spacial score (nSPS) is 13.2. The van der Waals surface area contributed by atoms with Gasteiger partial charge in [-0.15, -0.1) is 0 Å². The molecule has 2 rings (SSSR count). The number of Topliss-reactive ketones (excluding diaryl/α,β-unsaturated/α-hetero) is 1. The Bertz CT molecular complexity index is 744. The fourth-order valence-corrected chi connectivity index (χ4v) is 3.32. The number of nitrogens with two attached hydrogens (primary N) is 1. The Labute approximate surface area is 165 Å². The van der Waals surface area contributed by atoms with Crippen molar-refractivity contribution in [1.29, 1.82) is 0 Å². The van der Waals surface area contributed by atoms with Gasteiger partial charge in [-0.2, -0.15) is 12.6 Å². The predicted molar refractivity (Wildman–Crippen MR) is 112 cm³/mol. The van der Waals surface area contributed by atoms with Crippen LogP contribution in [0.3, 0.4) is 0 Å². The molecule has 2 aromatic rings. The van der Waals surface area contributed by atoms with Crippen LogP contribution in [0.25, 0.3) is 5.57 Å². The predicted octanol–water partition coefficient (Wildman–Crippen LogP) is 3.94. The first-order valence-electron chi connectivity index (χ1n) is 8.59. The van der Waals surface area contributed by atoms with Gasteiger partial charge in [0, 0.05) is 29.2 Å². The van der Waals surface area contributed by atoms with Crippen LogP contribution in [0, 0.1) is 0 Å². The van der Waals surface area contributed by atoms with Crippen LogP contribution in [0.1, 0.15) is 24.0 Å². The number of benzene rings is 2.